The van der Waals surface area contributed by atoms with E-state index in [1.807, 2.05) is 18.2 Å². The Morgan fingerprint density at radius 1 is 1.61 bits per heavy atom. The van der Waals surface area contributed by atoms with Gasteiger partial charge in [-0.3, -0.25) is 0 Å². The lowest BCUT2D eigenvalue weighted by Crippen LogP contribution is -2.01. The van der Waals surface area contributed by atoms with E-state index >= 15 is 0 Å². The monoisotopic (exact) mass is 261 g/mol. The van der Waals surface area contributed by atoms with Crippen molar-refractivity contribution < 1.29 is 9.53 Å². The molecule has 18 heavy (non-hydrogen) atoms. The van der Waals surface area contributed by atoms with Gasteiger partial charge >= 0.3 is 5.97 Å². The van der Waals surface area contributed by atoms with Crippen LogP contribution in [0.4, 0.5) is 0 Å². The van der Waals surface area contributed by atoms with Crippen molar-refractivity contribution in [1.82, 2.24) is 0 Å². The van der Waals surface area contributed by atoms with Crippen LogP contribution in [-0.4, -0.2) is 18.4 Å². The van der Waals surface area contributed by atoms with Gasteiger partial charge in [0.2, 0.25) is 0 Å². The fourth-order valence-corrected chi connectivity index (χ4v) is 1.54. The lowest BCUT2D eigenvalue weighted by Gasteiger charge is -2.01. The summed E-state index contributed by atoms with van der Waals surface area (Å²) in [4.78, 5) is 13.9. The van der Waals surface area contributed by atoms with Crippen LogP contribution in [-0.2, 0) is 16.0 Å². The number of ether oxygens (including phenoxy) is 1. The summed E-state index contributed by atoms with van der Waals surface area (Å²) in [6.45, 7) is 0. The summed E-state index contributed by atoms with van der Waals surface area (Å²) in [5, 5.41) is 4.93. The molecular weight excluding hydrogens is 250 g/mol. The van der Waals surface area contributed by atoms with Crippen LogP contribution >= 0.6 is 12.2 Å². The fourth-order valence-electron chi connectivity index (χ4n) is 1.35. The van der Waals surface area contributed by atoms with Crippen LogP contribution < -0.4 is 0 Å². The molecule has 0 unspecified atom stereocenters. The molecule has 0 atom stereocenters. The number of hydrogen-bond donors (Lipinski definition) is 0. The van der Waals surface area contributed by atoms with Crippen molar-refractivity contribution in [2.45, 2.75) is 6.42 Å². The zero-order valence-electron chi connectivity index (χ0n) is 9.74. The molecule has 0 aromatic heterocycles. The van der Waals surface area contributed by atoms with Gasteiger partial charge in [-0.15, -0.1) is 0 Å². The lowest BCUT2D eigenvalue weighted by atomic mass is 10.1. The van der Waals surface area contributed by atoms with E-state index in [9.17, 15) is 4.79 Å². The van der Waals surface area contributed by atoms with E-state index in [4.69, 9.17) is 17.7 Å². The molecule has 0 aliphatic carbocycles. The minimum atomic E-state index is -0.673. The summed E-state index contributed by atoms with van der Waals surface area (Å²) in [5.41, 5.74) is 10.1. The highest BCUT2D eigenvalue weighted by atomic mass is 32.1. The van der Waals surface area contributed by atoms with Crippen LogP contribution in [0.3, 0.4) is 0 Å². The molecule has 0 amide bonds. The molecule has 0 aliphatic heterocycles. The Balaban J connectivity index is 3.11. The van der Waals surface area contributed by atoms with Crippen LogP contribution in [0.2, 0.25) is 0 Å². The summed E-state index contributed by atoms with van der Waals surface area (Å²) < 4.78 is 4.52. The summed E-state index contributed by atoms with van der Waals surface area (Å²) >= 11 is 4.79. The first-order valence-electron chi connectivity index (χ1n) is 5.09. The molecule has 0 aliphatic rings. The van der Waals surface area contributed by atoms with Crippen molar-refractivity contribution in [3.05, 3.63) is 51.5 Å². The van der Waals surface area contributed by atoms with Gasteiger partial charge in [0.05, 0.1) is 7.11 Å². The first-order chi connectivity index (χ1) is 8.71. The molecule has 92 valence electrons. The molecule has 1 aromatic carbocycles. The van der Waals surface area contributed by atoms with Crippen LogP contribution in [0.15, 0.2) is 35.1 Å². The van der Waals surface area contributed by atoms with Gasteiger partial charge in [0, 0.05) is 11.3 Å². The van der Waals surface area contributed by atoms with Gasteiger partial charge in [0.1, 0.15) is 5.70 Å². The SMILES string of the molecule is COC(=O)C(=Cc1cccc(CC=S)c1)N=[N+]=[N-]. The molecule has 5 nitrogen and oxygen atoms in total. The number of azide groups is 1. The Labute approximate surface area is 110 Å². The third-order valence-corrected chi connectivity index (χ3v) is 2.29. The van der Waals surface area contributed by atoms with Crippen molar-refractivity contribution in [1.29, 1.82) is 0 Å². The molecule has 0 radical (unpaired) electrons. The molecule has 1 aromatic rings. The van der Waals surface area contributed by atoms with Crippen LogP contribution in [0.1, 0.15) is 11.1 Å². The topological polar surface area (TPSA) is 75.1 Å². The number of methoxy groups -OCH3 is 1. The highest BCUT2D eigenvalue weighted by Gasteiger charge is 2.07. The molecule has 0 bridgehead atoms. The van der Waals surface area contributed by atoms with Crippen molar-refractivity contribution in [3.63, 3.8) is 0 Å². The zero-order chi connectivity index (χ0) is 13.4. The molecular formula is C12H11N3O2S. The average Bonchev–Trinajstić information content (AvgIpc) is 2.38. The summed E-state index contributed by atoms with van der Waals surface area (Å²) in [6, 6.07) is 7.41. The van der Waals surface area contributed by atoms with Gasteiger partial charge in [0.25, 0.3) is 0 Å². The van der Waals surface area contributed by atoms with E-state index in [-0.39, 0.29) is 5.70 Å². The number of nitrogens with zero attached hydrogens (tertiary/aromatic N) is 3. The van der Waals surface area contributed by atoms with Crippen molar-refractivity contribution >= 4 is 29.6 Å². The van der Waals surface area contributed by atoms with E-state index in [2.05, 4.69) is 14.8 Å². The summed E-state index contributed by atoms with van der Waals surface area (Å²) in [6.07, 6.45) is 2.13. The molecule has 0 N–H and O–H groups in total. The number of carbonyl (C=O) groups is 1. The Kier molecular flexibility index (Phi) is 5.57. The Hall–Kier alpha value is -2.17. The highest BCUT2D eigenvalue weighted by Crippen LogP contribution is 2.12. The smallest absolute Gasteiger partial charge is 0.340 e. The van der Waals surface area contributed by atoms with Crippen molar-refractivity contribution in [2.24, 2.45) is 5.11 Å². The molecule has 1 rings (SSSR count). The summed E-state index contributed by atoms with van der Waals surface area (Å²) in [7, 11) is 1.23. The van der Waals surface area contributed by atoms with E-state index in [0.717, 1.165) is 11.1 Å². The average molecular weight is 261 g/mol. The normalized spacial score (nSPS) is 10.4. The number of esters is 1. The van der Waals surface area contributed by atoms with Crippen molar-refractivity contribution in [2.75, 3.05) is 7.11 Å². The van der Waals surface area contributed by atoms with E-state index < -0.39 is 5.97 Å². The largest absolute Gasteiger partial charge is 0.466 e. The number of thiocarbonyl (C=S) groups is 1. The van der Waals surface area contributed by atoms with Gasteiger partial charge in [-0.2, -0.15) is 0 Å². The minimum absolute atomic E-state index is 0.0838. The maximum Gasteiger partial charge on any atom is 0.340 e. The highest BCUT2D eigenvalue weighted by molar-refractivity contribution is 7.78. The summed E-state index contributed by atoms with van der Waals surface area (Å²) in [5.74, 6) is -0.673. The number of carbonyl (C=O) groups excluding carboxylic acids is 1. The zero-order valence-corrected chi connectivity index (χ0v) is 10.6. The van der Waals surface area contributed by atoms with Gasteiger partial charge in [0.15, 0.2) is 0 Å². The Morgan fingerprint density at radius 2 is 2.39 bits per heavy atom. The van der Waals surface area contributed by atoms with Gasteiger partial charge in [-0.05, 0) is 28.1 Å². The van der Waals surface area contributed by atoms with E-state index in [1.54, 1.807) is 11.4 Å². The van der Waals surface area contributed by atoms with Crippen LogP contribution in [0.5, 0.6) is 0 Å². The third-order valence-electron chi connectivity index (χ3n) is 2.12. The molecule has 6 heteroatoms. The fraction of sp³-hybridized carbons (Fsp3) is 0.167. The first kappa shape index (κ1) is 13.9. The van der Waals surface area contributed by atoms with Gasteiger partial charge in [-0.1, -0.05) is 41.6 Å². The minimum Gasteiger partial charge on any atom is -0.466 e. The second kappa shape index (κ2) is 7.21. The maximum atomic E-state index is 11.3. The van der Waals surface area contributed by atoms with Crippen molar-refractivity contribution in [3.8, 4) is 0 Å². The predicted molar refractivity (Wildman–Crippen MR) is 72.9 cm³/mol. The predicted octanol–water partition coefficient (Wildman–Crippen LogP) is 3.05. The Morgan fingerprint density at radius 3 is 3.00 bits per heavy atom. The second-order valence-corrected chi connectivity index (χ2v) is 3.66. The third kappa shape index (κ3) is 4.01. The van der Waals surface area contributed by atoms with E-state index in [0.29, 0.717) is 6.42 Å². The quantitative estimate of drug-likeness (QED) is 0.204. The second-order valence-electron chi connectivity index (χ2n) is 3.33. The van der Waals surface area contributed by atoms with Crippen LogP contribution in [0, 0.1) is 0 Å². The number of rotatable bonds is 5. The van der Waals surface area contributed by atoms with E-state index in [1.165, 1.54) is 13.2 Å². The van der Waals surface area contributed by atoms with Gasteiger partial charge in [-0.25, -0.2) is 4.79 Å². The lowest BCUT2D eigenvalue weighted by molar-refractivity contribution is -0.136. The number of hydrogen-bond acceptors (Lipinski definition) is 4. The van der Waals surface area contributed by atoms with Gasteiger partial charge < -0.3 is 4.74 Å². The van der Waals surface area contributed by atoms with Crippen LogP contribution in [0.25, 0.3) is 16.5 Å². The molecule has 0 spiro atoms. The molecule has 0 fully saturated rings. The first-order valence-corrected chi connectivity index (χ1v) is 5.56. The maximum absolute atomic E-state index is 11.3. The molecule has 0 saturated carbocycles. The standard InChI is InChI=1S/C12H11N3O2S/c1-17-12(16)11(14-15-13)8-10-4-2-3-9(7-10)5-6-18/h2-4,6-8H,5H2,1H3. The molecule has 0 heterocycles. The molecule has 0 saturated heterocycles. The Bertz CT molecular complexity index is 534. The number of benzene rings is 1.